The van der Waals surface area contributed by atoms with Gasteiger partial charge in [0.1, 0.15) is 0 Å². The fraction of sp³-hybridized carbons (Fsp3) is 0.533. The maximum Gasteiger partial charge on any atom is 0.409 e. The maximum absolute atomic E-state index is 11.8. The van der Waals surface area contributed by atoms with E-state index >= 15 is 0 Å². The minimum atomic E-state index is -0.237. The molecule has 1 heterocycles. The largest absolute Gasteiger partial charge is 0.493 e. The summed E-state index contributed by atoms with van der Waals surface area (Å²) in [5.74, 6) is 1.46. The minimum Gasteiger partial charge on any atom is -0.493 e. The molecule has 0 aliphatic carbocycles. The van der Waals surface area contributed by atoms with Gasteiger partial charge in [0.15, 0.2) is 11.5 Å². The Labute approximate surface area is 119 Å². The zero-order valence-electron chi connectivity index (χ0n) is 12.3. The number of hydrogen-bond acceptors (Lipinski definition) is 4. The molecule has 0 radical (unpaired) electrons. The van der Waals surface area contributed by atoms with Crippen molar-refractivity contribution < 1.29 is 19.0 Å². The van der Waals surface area contributed by atoms with Gasteiger partial charge in [-0.05, 0) is 43.0 Å². The number of methoxy groups -OCH3 is 2. The minimum absolute atomic E-state index is 0.237. The zero-order chi connectivity index (χ0) is 14.5. The molecule has 1 amide bonds. The molecule has 5 heteroatoms. The molecular formula is C15H21NO4. The van der Waals surface area contributed by atoms with Crippen LogP contribution in [0.15, 0.2) is 12.1 Å². The van der Waals surface area contributed by atoms with Crippen LogP contribution >= 0.6 is 0 Å². The van der Waals surface area contributed by atoms with Crippen molar-refractivity contribution in [3.63, 3.8) is 0 Å². The van der Waals surface area contributed by atoms with Gasteiger partial charge < -0.3 is 19.1 Å². The van der Waals surface area contributed by atoms with Gasteiger partial charge in [-0.2, -0.15) is 0 Å². The van der Waals surface area contributed by atoms with Crippen LogP contribution in [0.3, 0.4) is 0 Å². The number of benzene rings is 1. The van der Waals surface area contributed by atoms with Gasteiger partial charge in [0.2, 0.25) is 0 Å². The molecule has 0 aromatic heterocycles. The monoisotopic (exact) mass is 279 g/mol. The van der Waals surface area contributed by atoms with E-state index in [0.717, 1.165) is 24.3 Å². The average Bonchev–Trinajstić information content (AvgIpc) is 2.67. The van der Waals surface area contributed by atoms with Gasteiger partial charge in [0, 0.05) is 13.1 Å². The first-order valence-corrected chi connectivity index (χ1v) is 6.85. The summed E-state index contributed by atoms with van der Waals surface area (Å²) in [6.07, 6.45) is 1.36. The van der Waals surface area contributed by atoms with Gasteiger partial charge >= 0.3 is 6.09 Å². The molecule has 20 heavy (non-hydrogen) atoms. The highest BCUT2D eigenvalue weighted by Crippen LogP contribution is 2.32. The lowest BCUT2D eigenvalue weighted by atomic mass is 10.0. The van der Waals surface area contributed by atoms with Crippen molar-refractivity contribution in [2.45, 2.75) is 19.8 Å². The predicted molar refractivity (Wildman–Crippen MR) is 75.5 cm³/mol. The number of amides is 1. The summed E-state index contributed by atoms with van der Waals surface area (Å²) in [4.78, 5) is 13.6. The van der Waals surface area contributed by atoms with Gasteiger partial charge in [-0.3, -0.25) is 0 Å². The highest BCUT2D eigenvalue weighted by molar-refractivity contribution is 5.67. The second-order valence-corrected chi connectivity index (χ2v) is 4.66. The van der Waals surface area contributed by atoms with E-state index in [1.165, 1.54) is 11.1 Å². The molecule has 0 N–H and O–H groups in total. The second kappa shape index (κ2) is 6.50. The van der Waals surface area contributed by atoms with Crippen LogP contribution in [0, 0.1) is 0 Å². The zero-order valence-corrected chi connectivity index (χ0v) is 12.3. The van der Waals surface area contributed by atoms with Crippen molar-refractivity contribution in [2.24, 2.45) is 0 Å². The molecule has 0 saturated carbocycles. The number of fused-ring (bicyclic) bond motifs is 1. The van der Waals surface area contributed by atoms with Crippen molar-refractivity contribution in [3.05, 3.63) is 23.3 Å². The number of rotatable bonds is 3. The number of nitrogens with zero attached hydrogens (tertiary/aromatic N) is 1. The number of carbonyl (C=O) groups is 1. The van der Waals surface area contributed by atoms with E-state index in [4.69, 9.17) is 14.2 Å². The van der Waals surface area contributed by atoms with Crippen LogP contribution in [0.2, 0.25) is 0 Å². The van der Waals surface area contributed by atoms with E-state index in [1.54, 1.807) is 19.1 Å². The molecule has 0 fully saturated rings. The molecule has 5 nitrogen and oxygen atoms in total. The summed E-state index contributed by atoms with van der Waals surface area (Å²) in [5, 5.41) is 0. The van der Waals surface area contributed by atoms with Crippen LogP contribution in [0.4, 0.5) is 4.79 Å². The topological polar surface area (TPSA) is 48.0 Å². The predicted octanol–water partition coefficient (Wildman–Crippen LogP) is 2.26. The van der Waals surface area contributed by atoms with Crippen molar-refractivity contribution in [2.75, 3.05) is 33.9 Å². The molecule has 2 rings (SSSR count). The Kier molecular flexibility index (Phi) is 4.71. The molecule has 1 aliphatic rings. The first-order valence-electron chi connectivity index (χ1n) is 6.85. The first kappa shape index (κ1) is 14.5. The maximum atomic E-state index is 11.8. The highest BCUT2D eigenvalue weighted by Gasteiger charge is 2.21. The van der Waals surface area contributed by atoms with Gasteiger partial charge in [0.25, 0.3) is 0 Å². The summed E-state index contributed by atoms with van der Waals surface area (Å²) in [6, 6.07) is 4.01. The van der Waals surface area contributed by atoms with E-state index in [1.807, 2.05) is 19.1 Å². The third-order valence-corrected chi connectivity index (χ3v) is 3.53. The summed E-state index contributed by atoms with van der Waals surface area (Å²) in [5.41, 5.74) is 2.41. The first-order chi connectivity index (χ1) is 9.69. The van der Waals surface area contributed by atoms with Crippen LogP contribution in [-0.4, -0.2) is 44.9 Å². The third-order valence-electron chi connectivity index (χ3n) is 3.53. The Balaban J connectivity index is 2.18. The molecule has 0 atom stereocenters. The van der Waals surface area contributed by atoms with Crippen LogP contribution < -0.4 is 9.47 Å². The second-order valence-electron chi connectivity index (χ2n) is 4.66. The van der Waals surface area contributed by atoms with Crippen molar-refractivity contribution >= 4 is 6.09 Å². The highest BCUT2D eigenvalue weighted by atomic mass is 16.6. The smallest absolute Gasteiger partial charge is 0.409 e. The fourth-order valence-corrected chi connectivity index (χ4v) is 2.45. The number of ether oxygens (including phenoxy) is 3. The molecule has 0 saturated heterocycles. The number of carbonyl (C=O) groups excluding carboxylic acids is 1. The fourth-order valence-electron chi connectivity index (χ4n) is 2.45. The summed E-state index contributed by atoms with van der Waals surface area (Å²) in [6.45, 7) is 3.56. The van der Waals surface area contributed by atoms with E-state index in [-0.39, 0.29) is 6.09 Å². The van der Waals surface area contributed by atoms with E-state index in [0.29, 0.717) is 19.7 Å². The molecule has 0 unspecified atom stereocenters. The standard InChI is InChI=1S/C15H21NO4/c1-4-20-15(17)16-7-5-11-9-13(18-2)14(19-3)10-12(11)6-8-16/h9-10H,4-8H2,1-3H3. The lowest BCUT2D eigenvalue weighted by Gasteiger charge is -2.18. The molecule has 1 aromatic carbocycles. The van der Waals surface area contributed by atoms with Gasteiger partial charge in [-0.1, -0.05) is 0 Å². The SMILES string of the molecule is CCOC(=O)N1CCc2cc(OC)c(OC)cc2CC1. The molecule has 1 aliphatic heterocycles. The summed E-state index contributed by atoms with van der Waals surface area (Å²) < 4.78 is 15.7. The third kappa shape index (κ3) is 2.98. The van der Waals surface area contributed by atoms with Crippen LogP contribution in [0.1, 0.15) is 18.1 Å². The van der Waals surface area contributed by atoms with Crippen LogP contribution in [-0.2, 0) is 17.6 Å². The molecule has 0 spiro atoms. The Morgan fingerprint density at radius 2 is 1.60 bits per heavy atom. The Hall–Kier alpha value is -1.91. The van der Waals surface area contributed by atoms with Crippen molar-refractivity contribution in [1.82, 2.24) is 4.90 Å². The van der Waals surface area contributed by atoms with E-state index in [2.05, 4.69) is 0 Å². The lowest BCUT2D eigenvalue weighted by molar-refractivity contribution is 0.109. The Morgan fingerprint density at radius 1 is 1.10 bits per heavy atom. The summed E-state index contributed by atoms with van der Waals surface area (Å²) in [7, 11) is 3.26. The molecule has 110 valence electrons. The Bertz CT molecular complexity index is 452. The van der Waals surface area contributed by atoms with Gasteiger partial charge in [-0.25, -0.2) is 4.79 Å². The van der Waals surface area contributed by atoms with Gasteiger partial charge in [-0.15, -0.1) is 0 Å². The normalized spacial score (nSPS) is 14.2. The van der Waals surface area contributed by atoms with Crippen molar-refractivity contribution in [3.8, 4) is 11.5 Å². The molecular weight excluding hydrogens is 258 g/mol. The molecule has 1 aromatic rings. The van der Waals surface area contributed by atoms with Crippen molar-refractivity contribution in [1.29, 1.82) is 0 Å². The lowest BCUT2D eigenvalue weighted by Crippen LogP contribution is -2.33. The quantitative estimate of drug-likeness (QED) is 0.851. The van der Waals surface area contributed by atoms with Gasteiger partial charge in [0.05, 0.1) is 20.8 Å². The average molecular weight is 279 g/mol. The van der Waals surface area contributed by atoms with E-state index < -0.39 is 0 Å². The summed E-state index contributed by atoms with van der Waals surface area (Å²) >= 11 is 0. The van der Waals surface area contributed by atoms with Crippen LogP contribution in [0.5, 0.6) is 11.5 Å². The number of hydrogen-bond donors (Lipinski definition) is 0. The van der Waals surface area contributed by atoms with E-state index in [9.17, 15) is 4.79 Å². The molecule has 0 bridgehead atoms. The van der Waals surface area contributed by atoms with Crippen LogP contribution in [0.25, 0.3) is 0 Å². The Morgan fingerprint density at radius 3 is 2.00 bits per heavy atom.